The first-order valence-corrected chi connectivity index (χ1v) is 35.8. The maximum absolute atomic E-state index is 12.9. The molecule has 0 aromatic carbocycles. The lowest BCUT2D eigenvalue weighted by atomic mass is 10.0. The summed E-state index contributed by atoms with van der Waals surface area (Å²) < 4.78 is 22.8. The zero-order valence-corrected chi connectivity index (χ0v) is 55.6. The Morgan fingerprint density at radius 2 is 0.687 bits per heavy atom. The summed E-state index contributed by atoms with van der Waals surface area (Å²) >= 11 is 0. The normalized spacial score (nSPS) is 12.9. The van der Waals surface area contributed by atoms with Crippen molar-refractivity contribution in [1.82, 2.24) is 0 Å². The lowest BCUT2D eigenvalue weighted by Gasteiger charge is -2.26. The van der Waals surface area contributed by atoms with Gasteiger partial charge in [-0.3, -0.25) is 9.59 Å². The van der Waals surface area contributed by atoms with Gasteiger partial charge in [0.1, 0.15) is 13.2 Å². The number of allylic oxidation sites excluding steroid dienone is 8. The van der Waals surface area contributed by atoms with Crippen molar-refractivity contribution < 1.29 is 42.9 Å². The van der Waals surface area contributed by atoms with Gasteiger partial charge in [-0.1, -0.05) is 332 Å². The summed E-state index contributed by atoms with van der Waals surface area (Å²) in [6.07, 6.45) is 80.7. The zero-order chi connectivity index (χ0) is 60.5. The molecule has 486 valence electrons. The average molecular weight is 1170 g/mol. The van der Waals surface area contributed by atoms with Crippen LogP contribution in [0.25, 0.3) is 0 Å². The van der Waals surface area contributed by atoms with Gasteiger partial charge in [-0.25, -0.2) is 0 Å². The lowest BCUT2D eigenvalue weighted by molar-refractivity contribution is -0.870. The molecule has 0 aliphatic heterocycles. The van der Waals surface area contributed by atoms with Crippen LogP contribution in [0.5, 0.6) is 0 Å². The van der Waals surface area contributed by atoms with Crippen LogP contribution in [0.1, 0.15) is 348 Å². The van der Waals surface area contributed by atoms with Gasteiger partial charge in [-0.05, 0) is 51.4 Å². The summed E-state index contributed by atoms with van der Waals surface area (Å²) in [5, 5.41) is 11.8. The number of likely N-dealkylation sites (N-methyl/N-ethyl adjacent to an activating group) is 1. The minimum Gasteiger partial charge on any atom is -0.545 e. The predicted molar refractivity (Wildman–Crippen MR) is 352 cm³/mol. The number of carbonyl (C=O) groups is 3. The average Bonchev–Trinajstić information content (AvgIpc) is 3.46. The van der Waals surface area contributed by atoms with E-state index in [1.807, 2.05) is 21.1 Å². The van der Waals surface area contributed by atoms with Gasteiger partial charge in [0.05, 0.1) is 40.3 Å². The molecular weight excluding hydrogens is 1030 g/mol. The summed E-state index contributed by atoms with van der Waals surface area (Å²) in [5.74, 6) is -2.27. The number of carboxylic acid groups (broad SMARTS) is 1. The van der Waals surface area contributed by atoms with E-state index in [9.17, 15) is 19.5 Å². The summed E-state index contributed by atoms with van der Waals surface area (Å²) in [4.78, 5) is 37.5. The van der Waals surface area contributed by atoms with E-state index >= 15 is 0 Å². The standard InChI is InChI=1S/C74H137NO8/c1-6-8-10-12-14-16-18-20-22-24-26-28-30-31-32-33-34-35-36-37-38-39-40-41-43-44-46-48-50-52-54-56-58-60-62-64-71(76)81-68-70(69-82-74(73(78)79)80-67-66-75(3,4)5)83-72(77)65-63-61-59-57-55-53-51-49-47-45-42-29-27-25-23-21-19-17-15-13-11-9-7-2/h9,11,15,17,21,23,27,29,70,74H,6-8,10,12-14,16,18-20,22,24-26,28,30-69H2,1-5H3/b11-9-,17-15-,23-21-,29-27-. The highest BCUT2D eigenvalue weighted by Gasteiger charge is 2.22. The molecule has 0 fully saturated rings. The van der Waals surface area contributed by atoms with Gasteiger partial charge in [0.15, 0.2) is 12.4 Å². The Labute approximate surface area is 514 Å². The molecular formula is C74H137NO8. The fourth-order valence-electron chi connectivity index (χ4n) is 10.7. The quantitative estimate of drug-likeness (QED) is 0.0195. The van der Waals surface area contributed by atoms with Crippen molar-refractivity contribution >= 4 is 17.9 Å². The molecule has 0 N–H and O–H groups in total. The van der Waals surface area contributed by atoms with E-state index in [1.54, 1.807) is 0 Å². The number of quaternary nitrogens is 1. The highest BCUT2D eigenvalue weighted by molar-refractivity contribution is 5.70. The molecule has 0 bridgehead atoms. The van der Waals surface area contributed by atoms with Crippen molar-refractivity contribution in [2.75, 3.05) is 47.5 Å². The minimum absolute atomic E-state index is 0.147. The van der Waals surface area contributed by atoms with E-state index in [-0.39, 0.29) is 32.2 Å². The van der Waals surface area contributed by atoms with Crippen molar-refractivity contribution in [3.63, 3.8) is 0 Å². The molecule has 0 aliphatic rings. The van der Waals surface area contributed by atoms with Crippen molar-refractivity contribution in [2.24, 2.45) is 0 Å². The molecule has 9 heteroatoms. The van der Waals surface area contributed by atoms with E-state index in [1.165, 1.54) is 244 Å². The second-order valence-electron chi connectivity index (χ2n) is 25.5. The van der Waals surface area contributed by atoms with Crippen molar-refractivity contribution in [3.8, 4) is 0 Å². The SMILES string of the molecule is CC/C=C\C/C=C\C/C=C\C/C=C\CCCCCCCCCCCCC(=O)OC(COC(=O)CCCCCCCCCCCCCCCCCCCCCCCCCCCCCCCCCCCCC)COC(OCC[N+](C)(C)C)C(=O)[O-]. The summed E-state index contributed by atoms with van der Waals surface area (Å²) in [7, 11) is 5.94. The van der Waals surface area contributed by atoms with Gasteiger partial charge in [-0.2, -0.15) is 0 Å². The third-order valence-electron chi connectivity index (χ3n) is 16.1. The van der Waals surface area contributed by atoms with E-state index in [4.69, 9.17) is 18.9 Å². The number of unbranched alkanes of at least 4 members (excludes halogenated alkanes) is 44. The summed E-state index contributed by atoms with van der Waals surface area (Å²) in [5.41, 5.74) is 0. The first-order chi connectivity index (χ1) is 40.6. The van der Waals surface area contributed by atoms with Crippen LogP contribution in [0.2, 0.25) is 0 Å². The van der Waals surface area contributed by atoms with Crippen LogP contribution in [0.3, 0.4) is 0 Å². The molecule has 0 aromatic rings. The Hall–Kier alpha value is -2.75. The van der Waals surface area contributed by atoms with Crippen LogP contribution in [-0.2, 0) is 33.3 Å². The zero-order valence-electron chi connectivity index (χ0n) is 55.6. The fourth-order valence-corrected chi connectivity index (χ4v) is 10.7. The molecule has 0 heterocycles. The smallest absolute Gasteiger partial charge is 0.306 e. The summed E-state index contributed by atoms with van der Waals surface area (Å²) in [6.45, 7) is 4.69. The molecule has 0 spiro atoms. The van der Waals surface area contributed by atoms with Gasteiger partial charge in [0, 0.05) is 12.8 Å². The molecule has 0 saturated carbocycles. The predicted octanol–water partition coefficient (Wildman–Crippen LogP) is 20.8. The molecule has 0 radical (unpaired) electrons. The summed E-state index contributed by atoms with van der Waals surface area (Å²) in [6, 6.07) is 0. The van der Waals surface area contributed by atoms with E-state index in [2.05, 4.69) is 62.5 Å². The molecule has 0 aromatic heterocycles. The first-order valence-electron chi connectivity index (χ1n) is 35.8. The fraction of sp³-hybridized carbons (Fsp3) is 0.851. The first kappa shape index (κ1) is 80.2. The monoisotopic (exact) mass is 1170 g/mol. The lowest BCUT2D eigenvalue weighted by Crippen LogP contribution is -2.44. The number of esters is 2. The van der Waals surface area contributed by atoms with Crippen LogP contribution in [0.4, 0.5) is 0 Å². The molecule has 0 aliphatic carbocycles. The number of hydrogen-bond donors (Lipinski definition) is 0. The number of hydrogen-bond acceptors (Lipinski definition) is 8. The Morgan fingerprint density at radius 1 is 0.373 bits per heavy atom. The second-order valence-corrected chi connectivity index (χ2v) is 25.5. The maximum atomic E-state index is 12.9. The molecule has 0 saturated heterocycles. The molecule has 0 rings (SSSR count). The van der Waals surface area contributed by atoms with Gasteiger partial charge < -0.3 is 33.3 Å². The molecule has 0 amide bonds. The van der Waals surface area contributed by atoms with Crippen molar-refractivity contribution in [2.45, 2.75) is 360 Å². The largest absolute Gasteiger partial charge is 0.545 e. The molecule has 9 nitrogen and oxygen atoms in total. The minimum atomic E-state index is -1.62. The van der Waals surface area contributed by atoms with Gasteiger partial charge >= 0.3 is 11.9 Å². The third kappa shape index (κ3) is 66.6. The van der Waals surface area contributed by atoms with Crippen LogP contribution in [0, 0.1) is 0 Å². The van der Waals surface area contributed by atoms with Crippen LogP contribution in [0.15, 0.2) is 48.6 Å². The number of aliphatic carboxylic acids is 1. The number of carbonyl (C=O) groups excluding carboxylic acids is 3. The van der Waals surface area contributed by atoms with E-state index in [0.717, 1.165) is 70.6 Å². The highest BCUT2D eigenvalue weighted by Crippen LogP contribution is 2.19. The van der Waals surface area contributed by atoms with Gasteiger partial charge in [-0.15, -0.1) is 0 Å². The van der Waals surface area contributed by atoms with Crippen LogP contribution >= 0.6 is 0 Å². The molecule has 2 unspecified atom stereocenters. The number of carboxylic acids is 1. The third-order valence-corrected chi connectivity index (χ3v) is 16.1. The number of ether oxygens (including phenoxy) is 4. The molecule has 83 heavy (non-hydrogen) atoms. The van der Waals surface area contributed by atoms with E-state index < -0.39 is 24.3 Å². The second kappa shape index (κ2) is 65.2. The Morgan fingerprint density at radius 3 is 1.02 bits per heavy atom. The highest BCUT2D eigenvalue weighted by atomic mass is 16.7. The van der Waals surface area contributed by atoms with Gasteiger partial charge in [0.2, 0.25) is 0 Å². The topological polar surface area (TPSA) is 111 Å². The Kier molecular flexibility index (Phi) is 63.1. The number of nitrogens with zero attached hydrogens (tertiary/aromatic N) is 1. The van der Waals surface area contributed by atoms with Crippen LogP contribution in [-0.4, -0.2) is 82.3 Å². The molecule has 2 atom stereocenters. The number of rotatable bonds is 67. The maximum Gasteiger partial charge on any atom is 0.306 e. The Bertz CT molecular complexity index is 1500. The van der Waals surface area contributed by atoms with E-state index in [0.29, 0.717) is 23.9 Å². The Balaban J connectivity index is 4.01. The van der Waals surface area contributed by atoms with Crippen LogP contribution < -0.4 is 5.11 Å². The van der Waals surface area contributed by atoms with Crippen molar-refractivity contribution in [3.05, 3.63) is 48.6 Å². The van der Waals surface area contributed by atoms with Gasteiger partial charge in [0.25, 0.3) is 0 Å². The van der Waals surface area contributed by atoms with Crippen molar-refractivity contribution in [1.29, 1.82) is 0 Å².